The van der Waals surface area contributed by atoms with Crippen molar-refractivity contribution in [3.05, 3.63) is 64.7 Å². The van der Waals surface area contributed by atoms with Gasteiger partial charge in [0.1, 0.15) is 0 Å². The van der Waals surface area contributed by atoms with Crippen molar-refractivity contribution < 1.29 is 17.9 Å². The molecule has 1 N–H and O–H groups in total. The second kappa shape index (κ2) is 9.32. The highest BCUT2D eigenvalue weighted by molar-refractivity contribution is 7.89. The Balaban J connectivity index is 2.10. The first-order chi connectivity index (χ1) is 13.1. The SMILES string of the molecule is COC[C@H](C)NS(=O)(=O)c1ccc(C(=O)N(C)Cc2ccc(C)cc2C)cc1. The van der Waals surface area contributed by atoms with Crippen LogP contribution in [0.3, 0.4) is 0 Å². The lowest BCUT2D eigenvalue weighted by atomic mass is 10.1. The van der Waals surface area contributed by atoms with E-state index in [-0.39, 0.29) is 23.5 Å². The van der Waals surface area contributed by atoms with E-state index in [0.717, 1.165) is 11.1 Å². The molecule has 0 aliphatic carbocycles. The van der Waals surface area contributed by atoms with Crippen molar-refractivity contribution in [1.29, 1.82) is 0 Å². The largest absolute Gasteiger partial charge is 0.383 e. The number of hydrogen-bond acceptors (Lipinski definition) is 4. The molecule has 0 saturated carbocycles. The number of aryl methyl sites for hydroxylation is 2. The topological polar surface area (TPSA) is 75.7 Å². The molecule has 28 heavy (non-hydrogen) atoms. The highest BCUT2D eigenvalue weighted by Gasteiger charge is 2.19. The van der Waals surface area contributed by atoms with Gasteiger partial charge in [0.25, 0.3) is 5.91 Å². The molecule has 0 aliphatic heterocycles. The van der Waals surface area contributed by atoms with Crippen LogP contribution in [0.5, 0.6) is 0 Å². The van der Waals surface area contributed by atoms with Gasteiger partial charge in [-0.1, -0.05) is 23.8 Å². The van der Waals surface area contributed by atoms with Gasteiger partial charge >= 0.3 is 0 Å². The van der Waals surface area contributed by atoms with E-state index in [1.54, 1.807) is 18.9 Å². The minimum Gasteiger partial charge on any atom is -0.383 e. The standard InChI is InChI=1S/C21H28N2O4S/c1-15-6-7-19(16(2)12-15)13-23(4)21(24)18-8-10-20(11-9-18)28(25,26)22-17(3)14-27-5/h6-12,17,22H,13-14H2,1-5H3/t17-/m0/s1. The number of ether oxygens (including phenoxy) is 1. The van der Waals surface area contributed by atoms with Crippen molar-refractivity contribution in [2.45, 2.75) is 38.3 Å². The van der Waals surface area contributed by atoms with E-state index < -0.39 is 10.0 Å². The smallest absolute Gasteiger partial charge is 0.253 e. The molecule has 0 unspecified atom stereocenters. The molecule has 1 amide bonds. The third-order valence-electron chi connectivity index (χ3n) is 4.44. The Morgan fingerprint density at radius 3 is 2.36 bits per heavy atom. The predicted molar refractivity (Wildman–Crippen MR) is 110 cm³/mol. The van der Waals surface area contributed by atoms with Crippen LogP contribution in [0.25, 0.3) is 0 Å². The van der Waals surface area contributed by atoms with Crippen molar-refractivity contribution >= 4 is 15.9 Å². The van der Waals surface area contributed by atoms with E-state index in [0.29, 0.717) is 12.1 Å². The Morgan fingerprint density at radius 1 is 1.14 bits per heavy atom. The van der Waals surface area contributed by atoms with Crippen molar-refractivity contribution in [2.75, 3.05) is 20.8 Å². The summed E-state index contributed by atoms with van der Waals surface area (Å²) in [6.07, 6.45) is 0. The third-order valence-corrected chi connectivity index (χ3v) is 6.04. The molecule has 2 rings (SSSR count). The Bertz CT molecular complexity index is 924. The van der Waals surface area contributed by atoms with E-state index >= 15 is 0 Å². The highest BCUT2D eigenvalue weighted by Crippen LogP contribution is 2.16. The summed E-state index contributed by atoms with van der Waals surface area (Å²) in [5.41, 5.74) is 3.84. The quantitative estimate of drug-likeness (QED) is 0.734. The molecule has 2 aromatic rings. The van der Waals surface area contributed by atoms with Gasteiger partial charge < -0.3 is 9.64 Å². The first-order valence-corrected chi connectivity index (χ1v) is 10.6. The Kier molecular flexibility index (Phi) is 7.35. The normalized spacial score (nSPS) is 12.6. The average molecular weight is 405 g/mol. The summed E-state index contributed by atoms with van der Waals surface area (Å²) in [7, 11) is -0.408. The number of rotatable bonds is 8. The number of benzene rings is 2. The molecule has 0 saturated heterocycles. The molecule has 6 nitrogen and oxygen atoms in total. The van der Waals surface area contributed by atoms with Crippen LogP contribution in [0, 0.1) is 13.8 Å². The zero-order valence-corrected chi connectivity index (χ0v) is 17.8. The number of amides is 1. The Morgan fingerprint density at radius 2 is 1.79 bits per heavy atom. The first-order valence-electron chi connectivity index (χ1n) is 9.07. The van der Waals surface area contributed by atoms with Gasteiger partial charge in [0.05, 0.1) is 11.5 Å². The lowest BCUT2D eigenvalue weighted by Gasteiger charge is -2.19. The molecule has 0 aliphatic rings. The van der Waals surface area contributed by atoms with E-state index in [1.807, 2.05) is 26.0 Å². The number of carbonyl (C=O) groups is 1. The number of sulfonamides is 1. The zero-order valence-electron chi connectivity index (χ0n) is 17.0. The van der Waals surface area contributed by atoms with Crippen LogP contribution < -0.4 is 4.72 Å². The summed E-state index contributed by atoms with van der Waals surface area (Å²) < 4.78 is 32.2. The Hall–Kier alpha value is -2.22. The van der Waals surface area contributed by atoms with Gasteiger partial charge in [-0.3, -0.25) is 4.79 Å². The van der Waals surface area contributed by atoms with Gasteiger partial charge in [-0.2, -0.15) is 0 Å². The van der Waals surface area contributed by atoms with E-state index in [9.17, 15) is 13.2 Å². The maximum absolute atomic E-state index is 12.7. The molecule has 0 aromatic heterocycles. The van der Waals surface area contributed by atoms with Crippen molar-refractivity contribution in [3.63, 3.8) is 0 Å². The van der Waals surface area contributed by atoms with Crippen molar-refractivity contribution in [1.82, 2.24) is 9.62 Å². The summed E-state index contributed by atoms with van der Waals surface area (Å²) in [5, 5.41) is 0. The molecule has 7 heteroatoms. The fourth-order valence-electron chi connectivity index (χ4n) is 2.96. The summed E-state index contributed by atoms with van der Waals surface area (Å²) in [6.45, 7) is 6.55. The Labute approximate surface area is 167 Å². The molecule has 0 spiro atoms. The van der Waals surface area contributed by atoms with E-state index in [2.05, 4.69) is 10.8 Å². The molecule has 0 radical (unpaired) electrons. The maximum Gasteiger partial charge on any atom is 0.253 e. The van der Waals surface area contributed by atoms with Crippen LogP contribution in [-0.2, 0) is 21.3 Å². The van der Waals surface area contributed by atoms with Gasteiger partial charge in [-0.15, -0.1) is 0 Å². The van der Waals surface area contributed by atoms with Gasteiger partial charge in [0, 0.05) is 32.3 Å². The summed E-state index contributed by atoms with van der Waals surface area (Å²) in [4.78, 5) is 14.4. The number of carbonyl (C=O) groups excluding carboxylic acids is 1. The summed E-state index contributed by atoms with van der Waals surface area (Å²) in [5.74, 6) is -0.162. The lowest BCUT2D eigenvalue weighted by molar-refractivity contribution is 0.0785. The van der Waals surface area contributed by atoms with Crippen molar-refractivity contribution in [3.8, 4) is 0 Å². The van der Waals surface area contributed by atoms with E-state index in [4.69, 9.17) is 4.74 Å². The molecule has 0 fully saturated rings. The monoisotopic (exact) mass is 404 g/mol. The minimum atomic E-state index is -3.66. The zero-order chi connectivity index (χ0) is 20.9. The number of methoxy groups -OCH3 is 1. The third kappa shape index (κ3) is 5.64. The molecule has 152 valence electrons. The predicted octanol–water partition coefficient (Wildman–Crippen LogP) is 2.89. The minimum absolute atomic E-state index is 0.115. The van der Waals surface area contributed by atoms with Gasteiger partial charge in [0.2, 0.25) is 10.0 Å². The molecule has 0 heterocycles. The van der Waals surface area contributed by atoms with Crippen LogP contribution in [0.15, 0.2) is 47.4 Å². The maximum atomic E-state index is 12.7. The van der Waals surface area contributed by atoms with Crippen LogP contribution in [-0.4, -0.2) is 46.0 Å². The van der Waals surface area contributed by atoms with Crippen molar-refractivity contribution in [2.24, 2.45) is 0 Å². The second-order valence-electron chi connectivity index (χ2n) is 7.09. The number of nitrogens with zero attached hydrogens (tertiary/aromatic N) is 1. The first kappa shape index (κ1) is 22.1. The summed E-state index contributed by atoms with van der Waals surface area (Å²) >= 11 is 0. The van der Waals surface area contributed by atoms with Crippen LogP contribution in [0.1, 0.15) is 34.0 Å². The molecule has 2 aromatic carbocycles. The van der Waals surface area contributed by atoms with E-state index in [1.165, 1.54) is 36.9 Å². The fraction of sp³-hybridized carbons (Fsp3) is 0.381. The number of hydrogen-bond donors (Lipinski definition) is 1. The lowest BCUT2D eigenvalue weighted by Crippen LogP contribution is -2.35. The molecule has 0 bridgehead atoms. The second-order valence-corrected chi connectivity index (χ2v) is 8.81. The van der Waals surface area contributed by atoms with Gasteiger partial charge in [0.15, 0.2) is 0 Å². The average Bonchev–Trinajstić information content (AvgIpc) is 2.63. The molecular weight excluding hydrogens is 376 g/mol. The van der Waals surface area contributed by atoms with Gasteiger partial charge in [-0.05, 0) is 56.2 Å². The fourth-order valence-corrected chi connectivity index (χ4v) is 4.19. The van der Waals surface area contributed by atoms with Crippen LogP contribution >= 0.6 is 0 Å². The van der Waals surface area contributed by atoms with Gasteiger partial charge in [-0.25, -0.2) is 13.1 Å². The molecule has 1 atom stereocenters. The molecular formula is C21H28N2O4S. The summed E-state index contributed by atoms with van der Waals surface area (Å²) in [6, 6.07) is 11.8. The number of nitrogens with one attached hydrogen (secondary N) is 1. The van der Waals surface area contributed by atoms with Crippen LogP contribution in [0.4, 0.5) is 0 Å². The van der Waals surface area contributed by atoms with Crippen LogP contribution in [0.2, 0.25) is 0 Å². The highest BCUT2D eigenvalue weighted by atomic mass is 32.2.